The number of benzene rings is 1. The Hall–Kier alpha value is -2.27. The number of hydrogen-bond donors (Lipinski definition) is 0. The molecule has 0 aliphatic rings. The lowest BCUT2D eigenvalue weighted by atomic mass is 10.3. The van der Waals surface area contributed by atoms with Crippen molar-refractivity contribution >= 4 is 22.6 Å². The van der Waals surface area contributed by atoms with E-state index in [-0.39, 0.29) is 22.2 Å². The summed E-state index contributed by atoms with van der Waals surface area (Å²) in [6.45, 7) is 0. The number of fused-ring (bicyclic) bond motifs is 1. The van der Waals surface area contributed by atoms with E-state index in [1.807, 2.05) is 0 Å². The van der Waals surface area contributed by atoms with Crippen LogP contribution in [0.15, 0.2) is 47.4 Å². The number of aromatic nitrogens is 3. The van der Waals surface area contributed by atoms with E-state index < -0.39 is 0 Å². The van der Waals surface area contributed by atoms with Gasteiger partial charge in [-0.25, -0.2) is 18.9 Å². The third-order valence-corrected chi connectivity index (χ3v) is 2.93. The normalized spacial score (nSPS) is 10.8. The molecule has 0 aliphatic heterocycles. The highest BCUT2D eigenvalue weighted by Crippen LogP contribution is 2.15. The average molecular weight is 276 g/mol. The zero-order valence-electron chi connectivity index (χ0n) is 9.55. The summed E-state index contributed by atoms with van der Waals surface area (Å²) in [7, 11) is 0. The molecule has 0 fully saturated rings. The van der Waals surface area contributed by atoms with Gasteiger partial charge in [0.25, 0.3) is 5.56 Å². The molecule has 2 aromatic heterocycles. The van der Waals surface area contributed by atoms with Gasteiger partial charge in [0.2, 0.25) is 5.28 Å². The molecule has 0 atom stereocenters. The molecule has 0 saturated heterocycles. The minimum atomic E-state index is -0.389. The van der Waals surface area contributed by atoms with Gasteiger partial charge in [0, 0.05) is 6.20 Å². The van der Waals surface area contributed by atoms with Crippen molar-refractivity contribution in [3.63, 3.8) is 0 Å². The largest absolute Gasteiger partial charge is 0.285 e. The highest BCUT2D eigenvalue weighted by atomic mass is 35.5. The predicted molar refractivity (Wildman–Crippen MR) is 70.1 cm³/mol. The van der Waals surface area contributed by atoms with Gasteiger partial charge in [0.05, 0.1) is 11.2 Å². The van der Waals surface area contributed by atoms with E-state index in [0.717, 1.165) is 0 Å². The summed E-state index contributed by atoms with van der Waals surface area (Å²) in [5, 5.41) is 0.0112. The number of hydrogen-bond acceptors (Lipinski definition) is 3. The second-order valence-electron chi connectivity index (χ2n) is 3.87. The molecule has 0 saturated carbocycles. The standard InChI is InChI=1S/C13H7ClFN3O/c14-13-17-10-2-1-7-16-11(10)12(19)18(13)9-5-3-8(15)4-6-9/h1-7H. The molecule has 0 unspecified atom stereocenters. The average Bonchev–Trinajstić information content (AvgIpc) is 2.41. The van der Waals surface area contributed by atoms with Gasteiger partial charge in [-0.15, -0.1) is 0 Å². The van der Waals surface area contributed by atoms with Crippen molar-refractivity contribution in [3.05, 3.63) is 64.0 Å². The lowest BCUT2D eigenvalue weighted by Crippen LogP contribution is -2.21. The van der Waals surface area contributed by atoms with Crippen molar-refractivity contribution in [1.29, 1.82) is 0 Å². The first kappa shape index (κ1) is 11.8. The van der Waals surface area contributed by atoms with Crippen LogP contribution in [0.5, 0.6) is 0 Å². The van der Waals surface area contributed by atoms with Gasteiger partial charge in [0.15, 0.2) is 5.52 Å². The van der Waals surface area contributed by atoms with Crippen LogP contribution in [0.25, 0.3) is 16.7 Å². The molecule has 0 bridgehead atoms. The molecule has 6 heteroatoms. The van der Waals surface area contributed by atoms with E-state index in [1.165, 1.54) is 35.0 Å². The molecule has 3 aromatic rings. The number of nitrogens with zero attached hydrogens (tertiary/aromatic N) is 3. The van der Waals surface area contributed by atoms with Crippen LogP contribution in [0.2, 0.25) is 5.28 Å². The molecule has 94 valence electrons. The lowest BCUT2D eigenvalue weighted by Gasteiger charge is -2.08. The van der Waals surface area contributed by atoms with E-state index in [0.29, 0.717) is 11.2 Å². The monoisotopic (exact) mass is 275 g/mol. The maximum atomic E-state index is 12.9. The first-order valence-corrected chi connectivity index (χ1v) is 5.84. The second-order valence-corrected chi connectivity index (χ2v) is 4.21. The molecule has 2 heterocycles. The van der Waals surface area contributed by atoms with Crippen molar-refractivity contribution in [3.8, 4) is 5.69 Å². The maximum Gasteiger partial charge on any atom is 0.285 e. The summed E-state index contributed by atoms with van der Waals surface area (Å²) in [5.41, 5.74) is 0.700. The van der Waals surface area contributed by atoms with E-state index in [4.69, 9.17) is 11.6 Å². The first-order chi connectivity index (χ1) is 9.16. The minimum Gasteiger partial charge on any atom is -0.266 e. The van der Waals surface area contributed by atoms with Crippen molar-refractivity contribution in [2.45, 2.75) is 0 Å². The van der Waals surface area contributed by atoms with E-state index >= 15 is 0 Å². The Morgan fingerprint density at radius 3 is 2.63 bits per heavy atom. The van der Waals surface area contributed by atoms with Gasteiger partial charge >= 0.3 is 0 Å². The quantitative estimate of drug-likeness (QED) is 0.641. The summed E-state index contributed by atoms with van der Waals surface area (Å²) >= 11 is 6.01. The van der Waals surface area contributed by atoms with Gasteiger partial charge in [-0.05, 0) is 48.0 Å². The smallest absolute Gasteiger partial charge is 0.266 e. The lowest BCUT2D eigenvalue weighted by molar-refractivity contribution is 0.627. The second kappa shape index (κ2) is 4.44. The van der Waals surface area contributed by atoms with Crippen LogP contribution in [0.3, 0.4) is 0 Å². The molecule has 0 amide bonds. The molecule has 3 rings (SSSR count). The van der Waals surface area contributed by atoms with Gasteiger partial charge in [0.1, 0.15) is 5.82 Å². The van der Waals surface area contributed by atoms with Crippen molar-refractivity contribution in [2.75, 3.05) is 0 Å². The van der Waals surface area contributed by atoms with Gasteiger partial charge in [-0.1, -0.05) is 0 Å². The van der Waals surface area contributed by atoms with E-state index in [2.05, 4.69) is 9.97 Å². The van der Waals surface area contributed by atoms with Gasteiger partial charge < -0.3 is 0 Å². The van der Waals surface area contributed by atoms with E-state index in [1.54, 1.807) is 12.1 Å². The van der Waals surface area contributed by atoms with Crippen LogP contribution in [0, 0.1) is 5.82 Å². The predicted octanol–water partition coefficient (Wildman–Crippen LogP) is 2.57. The zero-order valence-corrected chi connectivity index (χ0v) is 10.3. The Balaban J connectivity index is 2.35. The zero-order chi connectivity index (χ0) is 13.4. The van der Waals surface area contributed by atoms with Crippen molar-refractivity contribution < 1.29 is 4.39 Å². The van der Waals surface area contributed by atoms with Crippen LogP contribution in [0.4, 0.5) is 4.39 Å². The summed E-state index contributed by atoms with van der Waals surface area (Å²) < 4.78 is 14.1. The van der Waals surface area contributed by atoms with Crippen LogP contribution in [-0.2, 0) is 0 Å². The van der Waals surface area contributed by atoms with Crippen molar-refractivity contribution in [2.24, 2.45) is 0 Å². The van der Waals surface area contributed by atoms with Gasteiger partial charge in [-0.2, -0.15) is 0 Å². The third kappa shape index (κ3) is 1.98. The Morgan fingerprint density at radius 2 is 1.89 bits per heavy atom. The summed E-state index contributed by atoms with van der Waals surface area (Å²) in [6.07, 6.45) is 1.51. The summed E-state index contributed by atoms with van der Waals surface area (Å²) in [4.78, 5) is 20.4. The molecular formula is C13H7ClFN3O. The molecule has 4 nitrogen and oxygen atoms in total. The SMILES string of the molecule is O=c1c2ncccc2nc(Cl)n1-c1ccc(F)cc1. The Morgan fingerprint density at radius 1 is 1.16 bits per heavy atom. The topological polar surface area (TPSA) is 47.8 Å². The molecule has 1 aromatic carbocycles. The highest BCUT2D eigenvalue weighted by Gasteiger charge is 2.11. The summed E-state index contributed by atoms with van der Waals surface area (Å²) in [5.74, 6) is -0.389. The molecule has 19 heavy (non-hydrogen) atoms. The fourth-order valence-electron chi connectivity index (χ4n) is 1.80. The molecule has 0 radical (unpaired) electrons. The maximum absolute atomic E-state index is 12.9. The van der Waals surface area contributed by atoms with E-state index in [9.17, 15) is 9.18 Å². The fourth-order valence-corrected chi connectivity index (χ4v) is 2.07. The summed E-state index contributed by atoms with van der Waals surface area (Å²) in [6, 6.07) is 8.75. The van der Waals surface area contributed by atoms with Crippen LogP contribution in [-0.4, -0.2) is 14.5 Å². The molecule has 0 N–H and O–H groups in total. The van der Waals surface area contributed by atoms with Gasteiger partial charge in [-0.3, -0.25) is 4.79 Å². The van der Waals surface area contributed by atoms with Crippen LogP contribution in [0.1, 0.15) is 0 Å². The minimum absolute atomic E-state index is 0.0112. The molecule has 0 spiro atoms. The van der Waals surface area contributed by atoms with Crippen LogP contribution >= 0.6 is 11.6 Å². The van der Waals surface area contributed by atoms with Crippen molar-refractivity contribution in [1.82, 2.24) is 14.5 Å². The molecular weight excluding hydrogens is 269 g/mol. The van der Waals surface area contributed by atoms with Crippen LogP contribution < -0.4 is 5.56 Å². The Bertz CT molecular complexity index is 814. The number of rotatable bonds is 1. The third-order valence-electron chi connectivity index (χ3n) is 2.67. The first-order valence-electron chi connectivity index (χ1n) is 5.46. The highest BCUT2D eigenvalue weighted by molar-refractivity contribution is 6.29. The Kier molecular flexibility index (Phi) is 2.76. The Labute approximate surface area is 112 Å². The fraction of sp³-hybridized carbons (Fsp3) is 0. The number of halogens is 2. The number of pyridine rings is 1. The molecule has 0 aliphatic carbocycles.